The second-order valence-electron chi connectivity index (χ2n) is 3.89. The fraction of sp³-hybridized carbons (Fsp3) is 0. The lowest BCUT2D eigenvalue weighted by molar-refractivity contribution is 0.0685. The number of carboxylic acids is 1. The number of aromatic nitrogens is 3. The van der Waals surface area contributed by atoms with Crippen molar-refractivity contribution in [2.45, 2.75) is 10.1 Å². The standard InChI is InChI=1S/C13H8ClN3O2S/c14-8-4-3-6-15-11(8)20-12-10(13(18)19)17-7-2-1-5-9(17)16-12/h1-7H,(H,18,19). The van der Waals surface area contributed by atoms with Gasteiger partial charge in [0.1, 0.15) is 15.7 Å². The van der Waals surface area contributed by atoms with E-state index in [-0.39, 0.29) is 5.69 Å². The van der Waals surface area contributed by atoms with Crippen molar-refractivity contribution in [2.75, 3.05) is 0 Å². The number of pyridine rings is 2. The molecule has 7 heteroatoms. The Labute approximate surface area is 123 Å². The molecule has 0 saturated heterocycles. The lowest BCUT2D eigenvalue weighted by atomic mass is 10.4. The molecule has 0 aromatic carbocycles. The maximum atomic E-state index is 11.4. The number of aromatic carboxylic acids is 1. The molecule has 1 N–H and O–H groups in total. The van der Waals surface area contributed by atoms with Gasteiger partial charge in [-0.25, -0.2) is 14.8 Å². The van der Waals surface area contributed by atoms with Crippen LogP contribution in [0.25, 0.3) is 5.65 Å². The smallest absolute Gasteiger partial charge is 0.355 e. The zero-order chi connectivity index (χ0) is 14.1. The highest BCUT2D eigenvalue weighted by atomic mass is 35.5. The van der Waals surface area contributed by atoms with Crippen LogP contribution in [0.1, 0.15) is 10.5 Å². The molecule has 5 nitrogen and oxygen atoms in total. The molecular weight excluding hydrogens is 298 g/mol. The molecule has 20 heavy (non-hydrogen) atoms. The average molecular weight is 306 g/mol. The Kier molecular flexibility index (Phi) is 3.33. The first-order valence-electron chi connectivity index (χ1n) is 5.65. The van der Waals surface area contributed by atoms with Crippen LogP contribution in [0.5, 0.6) is 0 Å². The van der Waals surface area contributed by atoms with Crippen LogP contribution < -0.4 is 0 Å². The van der Waals surface area contributed by atoms with Crippen LogP contribution in [0.15, 0.2) is 52.8 Å². The molecule has 0 bridgehead atoms. The van der Waals surface area contributed by atoms with Crippen molar-refractivity contribution in [3.8, 4) is 0 Å². The quantitative estimate of drug-likeness (QED) is 0.804. The van der Waals surface area contributed by atoms with E-state index >= 15 is 0 Å². The first kappa shape index (κ1) is 13.0. The van der Waals surface area contributed by atoms with Crippen molar-refractivity contribution in [1.82, 2.24) is 14.4 Å². The molecule has 100 valence electrons. The molecule has 0 aliphatic carbocycles. The van der Waals surface area contributed by atoms with Crippen LogP contribution >= 0.6 is 23.4 Å². The van der Waals surface area contributed by atoms with Crippen LogP contribution in [0.3, 0.4) is 0 Å². The highest BCUT2D eigenvalue weighted by Gasteiger charge is 2.20. The van der Waals surface area contributed by atoms with Gasteiger partial charge >= 0.3 is 5.97 Å². The molecule has 0 unspecified atom stereocenters. The number of halogens is 1. The van der Waals surface area contributed by atoms with Gasteiger partial charge in [-0.2, -0.15) is 0 Å². The lowest BCUT2D eigenvalue weighted by Gasteiger charge is -2.01. The Hall–Kier alpha value is -2.05. The second kappa shape index (κ2) is 5.15. The van der Waals surface area contributed by atoms with E-state index in [1.807, 2.05) is 0 Å². The highest BCUT2D eigenvalue weighted by Crippen LogP contribution is 2.33. The van der Waals surface area contributed by atoms with E-state index in [0.29, 0.717) is 20.7 Å². The number of rotatable bonds is 3. The number of hydrogen-bond donors (Lipinski definition) is 1. The molecule has 0 amide bonds. The summed E-state index contributed by atoms with van der Waals surface area (Å²) in [6, 6.07) is 8.72. The van der Waals surface area contributed by atoms with Gasteiger partial charge in [0.25, 0.3) is 0 Å². The van der Waals surface area contributed by atoms with Crippen LogP contribution in [0, 0.1) is 0 Å². The van der Waals surface area contributed by atoms with Gasteiger partial charge in [-0.15, -0.1) is 0 Å². The predicted molar refractivity (Wildman–Crippen MR) is 75.5 cm³/mol. The van der Waals surface area contributed by atoms with E-state index in [2.05, 4.69) is 9.97 Å². The Bertz CT molecular complexity index is 803. The summed E-state index contributed by atoms with van der Waals surface area (Å²) in [5, 5.41) is 10.7. The number of hydrogen-bond acceptors (Lipinski definition) is 4. The van der Waals surface area contributed by atoms with E-state index < -0.39 is 5.97 Å². The van der Waals surface area contributed by atoms with Gasteiger partial charge in [0, 0.05) is 12.4 Å². The van der Waals surface area contributed by atoms with Crippen LogP contribution in [-0.4, -0.2) is 25.4 Å². The number of nitrogens with zero attached hydrogens (tertiary/aromatic N) is 3. The van der Waals surface area contributed by atoms with Crippen LogP contribution in [0.2, 0.25) is 5.02 Å². The minimum Gasteiger partial charge on any atom is -0.476 e. The molecule has 3 heterocycles. The summed E-state index contributed by atoms with van der Waals surface area (Å²) >= 11 is 7.18. The minimum atomic E-state index is -1.04. The fourth-order valence-corrected chi connectivity index (χ4v) is 2.90. The van der Waals surface area contributed by atoms with Crippen LogP contribution in [-0.2, 0) is 0 Å². The summed E-state index contributed by atoms with van der Waals surface area (Å²) in [7, 11) is 0. The van der Waals surface area contributed by atoms with E-state index in [1.54, 1.807) is 42.7 Å². The van der Waals surface area contributed by atoms with Gasteiger partial charge in [-0.1, -0.05) is 17.7 Å². The minimum absolute atomic E-state index is 0.104. The van der Waals surface area contributed by atoms with Crippen molar-refractivity contribution in [2.24, 2.45) is 0 Å². The summed E-state index contributed by atoms with van der Waals surface area (Å²) in [6.45, 7) is 0. The topological polar surface area (TPSA) is 67.5 Å². The number of imidazole rings is 1. The number of carbonyl (C=O) groups is 1. The molecule has 3 aromatic heterocycles. The van der Waals surface area contributed by atoms with E-state index in [1.165, 1.54) is 4.40 Å². The third-order valence-corrected chi connectivity index (χ3v) is 4.03. The zero-order valence-corrected chi connectivity index (χ0v) is 11.6. The normalized spacial score (nSPS) is 10.8. The molecule has 0 aliphatic heterocycles. The average Bonchev–Trinajstić information content (AvgIpc) is 2.79. The van der Waals surface area contributed by atoms with Crippen molar-refractivity contribution < 1.29 is 9.90 Å². The predicted octanol–water partition coefficient (Wildman–Crippen LogP) is 3.23. The van der Waals surface area contributed by atoms with Gasteiger partial charge in [0.15, 0.2) is 5.69 Å². The van der Waals surface area contributed by atoms with Gasteiger partial charge in [-0.05, 0) is 36.0 Å². The van der Waals surface area contributed by atoms with Crippen LogP contribution in [0.4, 0.5) is 0 Å². The first-order chi connectivity index (χ1) is 9.66. The molecule has 0 radical (unpaired) electrons. The molecule has 0 saturated carbocycles. The van der Waals surface area contributed by atoms with Gasteiger partial charge < -0.3 is 5.11 Å². The Balaban J connectivity index is 2.14. The molecule has 0 fully saturated rings. The van der Waals surface area contributed by atoms with Gasteiger partial charge in [0.05, 0.1) is 5.02 Å². The number of fused-ring (bicyclic) bond motifs is 1. The molecular formula is C13H8ClN3O2S. The molecule has 0 atom stereocenters. The van der Waals surface area contributed by atoms with E-state index in [0.717, 1.165) is 11.8 Å². The molecule has 3 rings (SSSR count). The third kappa shape index (κ3) is 2.23. The maximum absolute atomic E-state index is 11.4. The summed E-state index contributed by atoms with van der Waals surface area (Å²) in [5.41, 5.74) is 0.673. The lowest BCUT2D eigenvalue weighted by Crippen LogP contribution is -2.02. The Morgan fingerprint density at radius 1 is 1.25 bits per heavy atom. The van der Waals surface area contributed by atoms with E-state index in [9.17, 15) is 9.90 Å². The molecule has 0 aliphatic rings. The monoisotopic (exact) mass is 305 g/mol. The van der Waals surface area contributed by atoms with Crippen molar-refractivity contribution in [3.05, 3.63) is 53.4 Å². The second-order valence-corrected chi connectivity index (χ2v) is 5.28. The Morgan fingerprint density at radius 2 is 2.10 bits per heavy atom. The van der Waals surface area contributed by atoms with Gasteiger partial charge in [0.2, 0.25) is 0 Å². The summed E-state index contributed by atoms with van der Waals surface area (Å²) in [6.07, 6.45) is 3.26. The fourth-order valence-electron chi connectivity index (χ4n) is 1.78. The first-order valence-corrected chi connectivity index (χ1v) is 6.85. The SMILES string of the molecule is O=C(O)c1c(Sc2ncccc2Cl)nc2ccccn12. The maximum Gasteiger partial charge on any atom is 0.355 e. The number of carboxylic acid groups (broad SMARTS) is 1. The zero-order valence-electron chi connectivity index (χ0n) is 10.0. The molecule has 3 aromatic rings. The van der Waals surface area contributed by atoms with Crippen molar-refractivity contribution in [1.29, 1.82) is 0 Å². The summed E-state index contributed by atoms with van der Waals surface area (Å²) in [4.78, 5) is 19.9. The summed E-state index contributed by atoms with van der Waals surface area (Å²) < 4.78 is 1.53. The highest BCUT2D eigenvalue weighted by molar-refractivity contribution is 7.99. The molecule has 0 spiro atoms. The largest absolute Gasteiger partial charge is 0.476 e. The third-order valence-electron chi connectivity index (χ3n) is 2.62. The summed E-state index contributed by atoms with van der Waals surface area (Å²) in [5.74, 6) is -1.04. The van der Waals surface area contributed by atoms with E-state index in [4.69, 9.17) is 11.6 Å². The van der Waals surface area contributed by atoms with Gasteiger partial charge in [-0.3, -0.25) is 4.40 Å². The van der Waals surface area contributed by atoms with Crippen molar-refractivity contribution in [3.63, 3.8) is 0 Å². The Morgan fingerprint density at radius 3 is 2.85 bits per heavy atom. The van der Waals surface area contributed by atoms with Crippen molar-refractivity contribution >= 4 is 35.0 Å².